The Morgan fingerprint density at radius 2 is 2.00 bits per heavy atom. The zero-order valence-corrected chi connectivity index (χ0v) is 10.5. The summed E-state index contributed by atoms with van der Waals surface area (Å²) in [5.41, 5.74) is 0. The topological polar surface area (TPSA) is 69.6 Å². The van der Waals surface area contributed by atoms with Gasteiger partial charge in [0.05, 0.1) is 6.04 Å². The fourth-order valence-electron chi connectivity index (χ4n) is 3.94. The van der Waals surface area contributed by atoms with Gasteiger partial charge in [-0.25, -0.2) is 4.79 Å². The lowest BCUT2D eigenvalue weighted by molar-refractivity contribution is -0.150. The molecule has 2 heterocycles. The molecule has 18 heavy (non-hydrogen) atoms. The van der Waals surface area contributed by atoms with Crippen molar-refractivity contribution < 1.29 is 14.7 Å². The maximum Gasteiger partial charge on any atom is 0.326 e. The predicted octanol–water partition coefficient (Wildman–Crippen LogP) is 0.450. The van der Waals surface area contributed by atoms with Crippen molar-refractivity contribution in [3.63, 3.8) is 0 Å². The van der Waals surface area contributed by atoms with E-state index in [1.165, 1.54) is 0 Å². The molecular weight excluding hydrogens is 232 g/mol. The van der Waals surface area contributed by atoms with Crippen molar-refractivity contribution >= 4 is 11.9 Å². The molecule has 3 rings (SSSR count). The van der Waals surface area contributed by atoms with E-state index in [1.807, 2.05) is 0 Å². The van der Waals surface area contributed by atoms with Crippen molar-refractivity contribution in [1.29, 1.82) is 0 Å². The van der Waals surface area contributed by atoms with E-state index in [4.69, 9.17) is 0 Å². The van der Waals surface area contributed by atoms with E-state index in [1.54, 1.807) is 4.90 Å². The van der Waals surface area contributed by atoms with Crippen LogP contribution in [0.4, 0.5) is 0 Å². The van der Waals surface area contributed by atoms with Crippen LogP contribution in [0.5, 0.6) is 0 Å². The fourth-order valence-corrected chi connectivity index (χ4v) is 3.94. The Morgan fingerprint density at radius 3 is 2.67 bits per heavy atom. The summed E-state index contributed by atoms with van der Waals surface area (Å²) < 4.78 is 0. The van der Waals surface area contributed by atoms with Crippen LogP contribution in [0.25, 0.3) is 0 Å². The zero-order chi connectivity index (χ0) is 12.7. The molecule has 5 nitrogen and oxygen atoms in total. The molecule has 100 valence electrons. The van der Waals surface area contributed by atoms with Gasteiger partial charge in [-0.05, 0) is 44.1 Å². The summed E-state index contributed by atoms with van der Waals surface area (Å²) in [7, 11) is 0. The van der Waals surface area contributed by atoms with Crippen LogP contribution in [0.1, 0.15) is 32.1 Å². The van der Waals surface area contributed by atoms with Crippen LogP contribution >= 0.6 is 0 Å². The first-order valence-corrected chi connectivity index (χ1v) is 6.95. The third-order valence-electron chi connectivity index (χ3n) is 4.78. The average Bonchev–Trinajstić information content (AvgIpc) is 3.03. The van der Waals surface area contributed by atoms with Gasteiger partial charge in [-0.15, -0.1) is 0 Å². The lowest BCUT2D eigenvalue weighted by atomic mass is 9.94. The van der Waals surface area contributed by atoms with Gasteiger partial charge in [-0.1, -0.05) is 6.42 Å². The summed E-state index contributed by atoms with van der Waals surface area (Å²) in [5, 5.41) is 12.6. The Morgan fingerprint density at radius 1 is 1.17 bits per heavy atom. The molecule has 3 fully saturated rings. The van der Waals surface area contributed by atoms with Crippen molar-refractivity contribution in [2.45, 2.75) is 44.2 Å². The van der Waals surface area contributed by atoms with E-state index in [-0.39, 0.29) is 17.9 Å². The number of carbonyl (C=O) groups is 2. The van der Waals surface area contributed by atoms with Crippen LogP contribution in [0.3, 0.4) is 0 Å². The quantitative estimate of drug-likeness (QED) is 0.748. The summed E-state index contributed by atoms with van der Waals surface area (Å²) in [6.07, 6.45) is 5.01. The molecule has 2 N–H and O–H groups in total. The minimum absolute atomic E-state index is 0.00861. The molecule has 1 saturated carbocycles. The summed E-state index contributed by atoms with van der Waals surface area (Å²) in [5.74, 6) is -0.214. The first-order valence-electron chi connectivity index (χ1n) is 6.95. The van der Waals surface area contributed by atoms with Crippen LogP contribution in [0.15, 0.2) is 0 Å². The van der Waals surface area contributed by atoms with Gasteiger partial charge in [0.15, 0.2) is 0 Å². The average molecular weight is 252 g/mol. The fraction of sp³-hybridized carbons (Fsp3) is 0.846. The Hall–Kier alpha value is -1.10. The van der Waals surface area contributed by atoms with Gasteiger partial charge in [0.1, 0.15) is 6.04 Å². The number of carboxylic acid groups (broad SMARTS) is 1. The van der Waals surface area contributed by atoms with Crippen molar-refractivity contribution in [1.82, 2.24) is 10.2 Å². The summed E-state index contributed by atoms with van der Waals surface area (Å²) in [6.45, 7) is 1.52. The minimum atomic E-state index is -0.823. The number of hydrogen-bond donors (Lipinski definition) is 2. The molecule has 0 bridgehead atoms. The second-order valence-corrected chi connectivity index (χ2v) is 5.78. The molecule has 2 saturated heterocycles. The van der Waals surface area contributed by atoms with Crippen LogP contribution in [0, 0.1) is 11.8 Å². The highest BCUT2D eigenvalue weighted by atomic mass is 16.4. The highest BCUT2D eigenvalue weighted by molar-refractivity contribution is 5.88. The third kappa shape index (κ3) is 1.81. The molecule has 2 aliphatic heterocycles. The van der Waals surface area contributed by atoms with Gasteiger partial charge in [-0.2, -0.15) is 0 Å². The summed E-state index contributed by atoms with van der Waals surface area (Å²) in [4.78, 5) is 25.5. The minimum Gasteiger partial charge on any atom is -0.480 e. The Balaban J connectivity index is 1.78. The lowest BCUT2D eigenvalue weighted by Crippen LogP contribution is -2.49. The SMILES string of the molecule is O=C(O)C1C2CCCC2CN1C(=O)C1CCCN1. The van der Waals surface area contributed by atoms with Crippen molar-refractivity contribution in [3.8, 4) is 0 Å². The van der Waals surface area contributed by atoms with Crippen molar-refractivity contribution in [2.75, 3.05) is 13.1 Å². The summed E-state index contributed by atoms with van der Waals surface area (Å²) >= 11 is 0. The number of likely N-dealkylation sites (tertiary alicyclic amines) is 1. The Labute approximate surface area is 107 Å². The Bertz CT molecular complexity index is 365. The number of carboxylic acids is 1. The molecule has 0 aromatic carbocycles. The molecule has 3 aliphatic rings. The van der Waals surface area contributed by atoms with Gasteiger partial charge in [-0.3, -0.25) is 4.79 Å². The molecule has 0 aromatic heterocycles. The number of aliphatic carboxylic acids is 1. The highest BCUT2D eigenvalue weighted by Crippen LogP contribution is 2.42. The Kier molecular flexibility index (Phi) is 3.01. The van der Waals surface area contributed by atoms with E-state index in [0.717, 1.165) is 38.6 Å². The molecule has 0 spiro atoms. The smallest absolute Gasteiger partial charge is 0.326 e. The van der Waals surface area contributed by atoms with E-state index in [0.29, 0.717) is 12.5 Å². The number of carbonyl (C=O) groups excluding carboxylic acids is 1. The van der Waals surface area contributed by atoms with Crippen molar-refractivity contribution in [3.05, 3.63) is 0 Å². The second-order valence-electron chi connectivity index (χ2n) is 5.78. The highest BCUT2D eigenvalue weighted by Gasteiger charge is 2.50. The van der Waals surface area contributed by atoms with E-state index >= 15 is 0 Å². The number of hydrogen-bond acceptors (Lipinski definition) is 3. The van der Waals surface area contributed by atoms with Gasteiger partial charge < -0.3 is 15.3 Å². The normalized spacial score (nSPS) is 39.0. The van der Waals surface area contributed by atoms with Gasteiger partial charge in [0.25, 0.3) is 0 Å². The number of fused-ring (bicyclic) bond motifs is 1. The van der Waals surface area contributed by atoms with Crippen LogP contribution < -0.4 is 5.32 Å². The summed E-state index contributed by atoms with van der Waals surface area (Å²) in [6, 6.07) is -0.724. The first-order chi connectivity index (χ1) is 8.68. The molecule has 1 amide bonds. The number of amides is 1. The van der Waals surface area contributed by atoms with Crippen molar-refractivity contribution in [2.24, 2.45) is 11.8 Å². The first kappa shape index (κ1) is 12.0. The van der Waals surface area contributed by atoms with E-state index in [9.17, 15) is 14.7 Å². The number of nitrogens with one attached hydrogen (secondary N) is 1. The van der Waals surface area contributed by atoms with E-state index in [2.05, 4.69) is 5.32 Å². The van der Waals surface area contributed by atoms with Gasteiger partial charge in [0, 0.05) is 6.54 Å². The molecule has 0 aromatic rings. The largest absolute Gasteiger partial charge is 0.480 e. The van der Waals surface area contributed by atoms with Crippen LogP contribution in [-0.2, 0) is 9.59 Å². The second kappa shape index (κ2) is 4.53. The maximum absolute atomic E-state index is 12.4. The lowest BCUT2D eigenvalue weighted by Gasteiger charge is -2.27. The monoisotopic (exact) mass is 252 g/mol. The van der Waals surface area contributed by atoms with Gasteiger partial charge in [0.2, 0.25) is 5.91 Å². The zero-order valence-electron chi connectivity index (χ0n) is 10.5. The van der Waals surface area contributed by atoms with Gasteiger partial charge >= 0.3 is 5.97 Å². The third-order valence-corrected chi connectivity index (χ3v) is 4.78. The molecule has 5 heteroatoms. The maximum atomic E-state index is 12.4. The molecule has 4 atom stereocenters. The standard InChI is InChI=1S/C13H20N2O3/c16-12(10-5-2-6-14-10)15-7-8-3-1-4-9(8)11(15)13(17)18/h8-11,14H,1-7H2,(H,17,18). The molecule has 0 radical (unpaired) electrons. The van der Waals surface area contributed by atoms with Crippen LogP contribution in [-0.4, -0.2) is 47.1 Å². The predicted molar refractivity (Wildman–Crippen MR) is 65.0 cm³/mol. The van der Waals surface area contributed by atoms with E-state index < -0.39 is 12.0 Å². The van der Waals surface area contributed by atoms with Crippen LogP contribution in [0.2, 0.25) is 0 Å². The molecular formula is C13H20N2O3. The molecule has 1 aliphatic carbocycles. The number of rotatable bonds is 2. The number of nitrogens with zero attached hydrogens (tertiary/aromatic N) is 1. The molecule has 4 unspecified atom stereocenters.